The number of ether oxygens (including phenoxy) is 4. The van der Waals surface area contributed by atoms with Crippen LogP contribution in [0.25, 0.3) is 10.9 Å². The standard InChI is InChI=1S/C25H29NO6/c1-4-12-31-24-18(15-26-21-11-10-19(29-3)14-20(21)24)16-32-22-9-7-6-8-17(22)13-23(25(27)28)30-5-2/h6-11,14-15,23H,4-5,12-13,16H2,1-3H3,(H,27,28). The Kier molecular flexibility index (Phi) is 8.27. The first-order valence-corrected chi connectivity index (χ1v) is 10.7. The summed E-state index contributed by atoms with van der Waals surface area (Å²) in [5, 5.41) is 10.3. The lowest BCUT2D eigenvalue weighted by Gasteiger charge is -2.17. The van der Waals surface area contributed by atoms with Crippen LogP contribution in [0.2, 0.25) is 0 Å². The van der Waals surface area contributed by atoms with E-state index in [0.717, 1.165) is 34.2 Å². The fourth-order valence-electron chi connectivity index (χ4n) is 3.38. The van der Waals surface area contributed by atoms with Gasteiger partial charge in [-0.05, 0) is 43.2 Å². The van der Waals surface area contributed by atoms with Crippen LogP contribution in [-0.4, -0.2) is 42.5 Å². The molecule has 1 N–H and O–H groups in total. The number of carboxylic acids is 1. The van der Waals surface area contributed by atoms with Gasteiger partial charge in [-0.1, -0.05) is 25.1 Å². The summed E-state index contributed by atoms with van der Waals surface area (Å²) in [5.74, 6) is 1.04. The van der Waals surface area contributed by atoms with E-state index in [2.05, 4.69) is 4.98 Å². The van der Waals surface area contributed by atoms with Crippen LogP contribution in [-0.2, 0) is 22.6 Å². The summed E-state index contributed by atoms with van der Waals surface area (Å²) in [5.41, 5.74) is 2.37. The number of hydrogen-bond acceptors (Lipinski definition) is 6. The second kappa shape index (κ2) is 11.3. The summed E-state index contributed by atoms with van der Waals surface area (Å²) in [6.07, 6.45) is 1.90. The maximum atomic E-state index is 11.5. The van der Waals surface area contributed by atoms with Crippen LogP contribution < -0.4 is 14.2 Å². The monoisotopic (exact) mass is 439 g/mol. The van der Waals surface area contributed by atoms with E-state index in [-0.39, 0.29) is 13.0 Å². The van der Waals surface area contributed by atoms with E-state index in [1.165, 1.54) is 0 Å². The molecule has 7 heteroatoms. The summed E-state index contributed by atoms with van der Waals surface area (Å²) in [7, 11) is 1.62. The number of pyridine rings is 1. The third kappa shape index (κ3) is 5.68. The molecule has 3 aromatic rings. The van der Waals surface area contributed by atoms with Crippen molar-refractivity contribution < 1.29 is 28.8 Å². The van der Waals surface area contributed by atoms with Crippen LogP contribution >= 0.6 is 0 Å². The summed E-state index contributed by atoms with van der Waals surface area (Å²) in [6, 6.07) is 13.0. The molecule has 2 aromatic carbocycles. The molecule has 0 aliphatic heterocycles. The van der Waals surface area contributed by atoms with E-state index in [0.29, 0.717) is 24.7 Å². The number of aromatic nitrogens is 1. The fourth-order valence-corrected chi connectivity index (χ4v) is 3.38. The van der Waals surface area contributed by atoms with Crippen molar-refractivity contribution >= 4 is 16.9 Å². The number of hydrogen-bond donors (Lipinski definition) is 1. The van der Waals surface area contributed by atoms with Gasteiger partial charge in [0.15, 0.2) is 6.10 Å². The van der Waals surface area contributed by atoms with Crippen molar-refractivity contribution in [2.24, 2.45) is 0 Å². The molecule has 170 valence electrons. The molecule has 1 heterocycles. The molecular weight excluding hydrogens is 410 g/mol. The zero-order chi connectivity index (χ0) is 22.9. The first-order chi connectivity index (χ1) is 15.6. The zero-order valence-electron chi connectivity index (χ0n) is 18.7. The van der Waals surface area contributed by atoms with Gasteiger partial charge in [-0.25, -0.2) is 4.79 Å². The first-order valence-electron chi connectivity index (χ1n) is 10.7. The summed E-state index contributed by atoms with van der Waals surface area (Å²) >= 11 is 0. The van der Waals surface area contributed by atoms with E-state index >= 15 is 0 Å². The molecule has 32 heavy (non-hydrogen) atoms. The lowest BCUT2D eigenvalue weighted by atomic mass is 10.1. The number of nitrogens with zero attached hydrogens (tertiary/aromatic N) is 1. The SMILES string of the molecule is CCCOc1c(COc2ccccc2CC(OCC)C(=O)O)cnc2ccc(OC)cc12. The van der Waals surface area contributed by atoms with Gasteiger partial charge in [-0.2, -0.15) is 0 Å². The zero-order valence-corrected chi connectivity index (χ0v) is 18.7. The van der Waals surface area contributed by atoms with Crippen molar-refractivity contribution in [3.05, 3.63) is 59.8 Å². The molecule has 0 spiro atoms. The Balaban J connectivity index is 1.88. The second-order valence-electron chi connectivity index (χ2n) is 7.23. The Bertz CT molecular complexity index is 1050. The highest BCUT2D eigenvalue weighted by Crippen LogP contribution is 2.32. The highest BCUT2D eigenvalue weighted by atomic mass is 16.5. The number of benzene rings is 2. The number of fused-ring (bicyclic) bond motifs is 1. The van der Waals surface area contributed by atoms with Crippen molar-refractivity contribution in [3.63, 3.8) is 0 Å². The van der Waals surface area contributed by atoms with Crippen molar-refractivity contribution in [3.8, 4) is 17.2 Å². The van der Waals surface area contributed by atoms with Crippen LogP contribution in [0.5, 0.6) is 17.2 Å². The predicted octanol–water partition coefficient (Wildman–Crippen LogP) is 4.64. The fraction of sp³-hybridized carbons (Fsp3) is 0.360. The summed E-state index contributed by atoms with van der Waals surface area (Å²) in [6.45, 7) is 4.94. The Labute approximate surface area is 187 Å². The number of aliphatic carboxylic acids is 1. The molecular formula is C25H29NO6. The Morgan fingerprint density at radius 1 is 1.09 bits per heavy atom. The topological polar surface area (TPSA) is 87.1 Å². The maximum Gasteiger partial charge on any atom is 0.333 e. The smallest absolute Gasteiger partial charge is 0.333 e. The van der Waals surface area contributed by atoms with Gasteiger partial charge in [0.1, 0.15) is 23.9 Å². The van der Waals surface area contributed by atoms with Gasteiger partial charge in [0.2, 0.25) is 0 Å². The maximum absolute atomic E-state index is 11.5. The first kappa shape index (κ1) is 23.3. The van der Waals surface area contributed by atoms with E-state index < -0.39 is 12.1 Å². The van der Waals surface area contributed by atoms with Crippen LogP contribution in [0.3, 0.4) is 0 Å². The van der Waals surface area contributed by atoms with E-state index in [4.69, 9.17) is 18.9 Å². The molecule has 1 atom stereocenters. The van der Waals surface area contributed by atoms with Crippen molar-refractivity contribution in [1.29, 1.82) is 0 Å². The van der Waals surface area contributed by atoms with Gasteiger partial charge in [0.05, 0.1) is 24.8 Å². The van der Waals surface area contributed by atoms with Crippen LogP contribution in [0, 0.1) is 0 Å². The minimum absolute atomic E-state index is 0.214. The largest absolute Gasteiger partial charge is 0.497 e. The number of para-hydroxylation sites is 1. The minimum Gasteiger partial charge on any atom is -0.497 e. The van der Waals surface area contributed by atoms with Gasteiger partial charge >= 0.3 is 5.97 Å². The lowest BCUT2D eigenvalue weighted by Crippen LogP contribution is -2.26. The Morgan fingerprint density at radius 3 is 2.62 bits per heavy atom. The summed E-state index contributed by atoms with van der Waals surface area (Å²) in [4.78, 5) is 16.0. The van der Waals surface area contributed by atoms with Gasteiger partial charge in [-0.3, -0.25) is 4.98 Å². The average molecular weight is 440 g/mol. The molecule has 3 rings (SSSR count). The molecule has 1 unspecified atom stereocenters. The molecule has 0 bridgehead atoms. The Morgan fingerprint density at radius 2 is 1.91 bits per heavy atom. The van der Waals surface area contributed by atoms with Crippen molar-refractivity contribution in [2.45, 2.75) is 39.4 Å². The minimum atomic E-state index is -0.996. The second-order valence-corrected chi connectivity index (χ2v) is 7.23. The van der Waals surface area contributed by atoms with Crippen molar-refractivity contribution in [1.82, 2.24) is 4.98 Å². The van der Waals surface area contributed by atoms with Crippen LogP contribution in [0.15, 0.2) is 48.7 Å². The Hall–Kier alpha value is -3.32. The highest BCUT2D eigenvalue weighted by Gasteiger charge is 2.20. The van der Waals surface area contributed by atoms with Crippen LogP contribution in [0.4, 0.5) is 0 Å². The molecule has 0 saturated heterocycles. The van der Waals surface area contributed by atoms with Gasteiger partial charge in [0.25, 0.3) is 0 Å². The summed E-state index contributed by atoms with van der Waals surface area (Å²) < 4.78 is 22.9. The third-order valence-electron chi connectivity index (χ3n) is 4.95. The molecule has 0 amide bonds. The molecule has 7 nitrogen and oxygen atoms in total. The number of rotatable bonds is 12. The quantitative estimate of drug-likeness (QED) is 0.440. The normalized spacial score (nSPS) is 11.8. The molecule has 0 aliphatic carbocycles. The molecule has 0 radical (unpaired) electrons. The van der Waals surface area contributed by atoms with Gasteiger partial charge in [-0.15, -0.1) is 0 Å². The third-order valence-corrected chi connectivity index (χ3v) is 4.95. The number of methoxy groups -OCH3 is 1. The van der Waals surface area contributed by atoms with Crippen LogP contribution in [0.1, 0.15) is 31.4 Å². The molecule has 0 saturated carbocycles. The van der Waals surface area contributed by atoms with Gasteiger partial charge < -0.3 is 24.1 Å². The average Bonchev–Trinajstić information content (AvgIpc) is 2.81. The molecule has 1 aromatic heterocycles. The number of carboxylic acid groups (broad SMARTS) is 1. The van der Waals surface area contributed by atoms with E-state index in [9.17, 15) is 9.90 Å². The highest BCUT2D eigenvalue weighted by molar-refractivity contribution is 5.87. The van der Waals surface area contributed by atoms with Crippen molar-refractivity contribution in [2.75, 3.05) is 20.3 Å². The van der Waals surface area contributed by atoms with E-state index in [1.807, 2.05) is 49.4 Å². The molecule has 0 fully saturated rings. The molecule has 0 aliphatic rings. The predicted molar refractivity (Wildman–Crippen MR) is 122 cm³/mol. The lowest BCUT2D eigenvalue weighted by molar-refractivity contribution is -0.149. The van der Waals surface area contributed by atoms with Gasteiger partial charge in [0, 0.05) is 24.6 Å². The van der Waals surface area contributed by atoms with E-state index in [1.54, 1.807) is 20.2 Å². The number of carbonyl (C=O) groups is 1.